The van der Waals surface area contributed by atoms with E-state index >= 15 is 0 Å². The Labute approximate surface area is 127 Å². The van der Waals surface area contributed by atoms with Crippen molar-refractivity contribution in [2.24, 2.45) is 5.92 Å². The van der Waals surface area contributed by atoms with Gasteiger partial charge in [0.05, 0.1) is 12.6 Å². The molecular formula is C17H26N2O2. The second-order valence-electron chi connectivity index (χ2n) is 5.93. The lowest BCUT2D eigenvalue weighted by Gasteiger charge is -2.24. The number of nitrogens with zero attached hydrogens (tertiary/aromatic N) is 1. The van der Waals surface area contributed by atoms with Gasteiger partial charge in [-0.1, -0.05) is 43.7 Å². The lowest BCUT2D eigenvalue weighted by Crippen LogP contribution is -2.35. The first-order valence-electron chi connectivity index (χ1n) is 7.75. The minimum atomic E-state index is -0.113. The zero-order valence-electron chi connectivity index (χ0n) is 13.4. The minimum Gasteiger partial charge on any atom is -0.380 e. The molecule has 0 radical (unpaired) electrons. The van der Waals surface area contributed by atoms with Crippen LogP contribution in [0.25, 0.3) is 0 Å². The van der Waals surface area contributed by atoms with Crippen LogP contribution in [0.5, 0.6) is 0 Å². The van der Waals surface area contributed by atoms with Gasteiger partial charge in [-0.2, -0.15) is 0 Å². The van der Waals surface area contributed by atoms with E-state index in [0.29, 0.717) is 19.8 Å². The molecule has 1 aromatic carbocycles. The van der Waals surface area contributed by atoms with Crippen molar-refractivity contribution in [1.29, 1.82) is 0 Å². The summed E-state index contributed by atoms with van der Waals surface area (Å²) in [5.41, 5.74) is 2.36. The van der Waals surface area contributed by atoms with Gasteiger partial charge in [-0.25, -0.2) is 0 Å². The van der Waals surface area contributed by atoms with Crippen molar-refractivity contribution >= 4 is 5.91 Å². The quantitative estimate of drug-likeness (QED) is 0.818. The lowest BCUT2D eigenvalue weighted by atomic mass is 10.1. The second-order valence-corrected chi connectivity index (χ2v) is 5.93. The van der Waals surface area contributed by atoms with E-state index in [-0.39, 0.29) is 24.0 Å². The Morgan fingerprint density at radius 3 is 2.52 bits per heavy atom. The van der Waals surface area contributed by atoms with Crippen molar-refractivity contribution in [3.8, 4) is 0 Å². The predicted octanol–water partition coefficient (Wildman–Crippen LogP) is 2.49. The van der Waals surface area contributed by atoms with Crippen LogP contribution in [0.2, 0.25) is 0 Å². The number of aryl methyl sites for hydroxylation is 1. The molecule has 1 fully saturated rings. The fourth-order valence-corrected chi connectivity index (χ4v) is 2.69. The third kappa shape index (κ3) is 3.63. The molecule has 2 rings (SSSR count). The Bertz CT molecular complexity index is 470. The first-order valence-corrected chi connectivity index (χ1v) is 7.75. The van der Waals surface area contributed by atoms with Gasteiger partial charge in [0.2, 0.25) is 5.91 Å². The highest BCUT2D eigenvalue weighted by Gasteiger charge is 2.40. The highest BCUT2D eigenvalue weighted by atomic mass is 16.5. The van der Waals surface area contributed by atoms with Gasteiger partial charge in [0, 0.05) is 13.2 Å². The van der Waals surface area contributed by atoms with Crippen molar-refractivity contribution in [3.05, 3.63) is 35.4 Å². The molecular weight excluding hydrogens is 264 g/mol. The van der Waals surface area contributed by atoms with E-state index in [1.165, 1.54) is 5.56 Å². The molecule has 0 saturated carbocycles. The number of rotatable bonds is 6. The standard InChI is InChI=1S/C17H26N2O2/c1-5-21-11-10-19-16(14-8-6-13(4)7-9-14)18-15(12(2)3)17(19)20/h6-9,12,15-16,18H,5,10-11H2,1-4H3. The van der Waals surface area contributed by atoms with Gasteiger partial charge in [0.15, 0.2) is 0 Å². The molecule has 2 unspecified atom stereocenters. The highest BCUT2D eigenvalue weighted by molar-refractivity contribution is 5.84. The van der Waals surface area contributed by atoms with Gasteiger partial charge in [-0.15, -0.1) is 0 Å². The number of carbonyl (C=O) groups is 1. The van der Waals surface area contributed by atoms with Crippen LogP contribution in [0.3, 0.4) is 0 Å². The molecule has 1 aromatic rings. The fraction of sp³-hybridized carbons (Fsp3) is 0.588. The van der Waals surface area contributed by atoms with Crippen LogP contribution in [0.15, 0.2) is 24.3 Å². The van der Waals surface area contributed by atoms with E-state index in [0.717, 1.165) is 5.56 Å². The van der Waals surface area contributed by atoms with Gasteiger partial charge in [-0.3, -0.25) is 10.1 Å². The van der Waals surface area contributed by atoms with Crippen LogP contribution >= 0.6 is 0 Å². The molecule has 2 atom stereocenters. The fourth-order valence-electron chi connectivity index (χ4n) is 2.69. The molecule has 0 bridgehead atoms. The summed E-state index contributed by atoms with van der Waals surface area (Å²) in [5, 5.41) is 3.47. The summed E-state index contributed by atoms with van der Waals surface area (Å²) in [5.74, 6) is 0.456. The van der Waals surface area contributed by atoms with Crippen LogP contribution in [-0.4, -0.2) is 36.6 Å². The van der Waals surface area contributed by atoms with Crippen molar-refractivity contribution in [1.82, 2.24) is 10.2 Å². The number of amides is 1. The maximum Gasteiger partial charge on any atom is 0.241 e. The summed E-state index contributed by atoms with van der Waals surface area (Å²) >= 11 is 0. The predicted molar refractivity (Wildman–Crippen MR) is 83.9 cm³/mol. The Morgan fingerprint density at radius 2 is 1.95 bits per heavy atom. The van der Waals surface area contributed by atoms with Gasteiger partial charge in [0.1, 0.15) is 6.17 Å². The zero-order valence-corrected chi connectivity index (χ0v) is 13.4. The number of hydrogen-bond acceptors (Lipinski definition) is 3. The van der Waals surface area contributed by atoms with Crippen LogP contribution in [0.4, 0.5) is 0 Å². The Morgan fingerprint density at radius 1 is 1.29 bits per heavy atom. The van der Waals surface area contributed by atoms with Crippen molar-refractivity contribution in [2.45, 2.75) is 39.9 Å². The topological polar surface area (TPSA) is 41.6 Å². The van der Waals surface area contributed by atoms with E-state index in [4.69, 9.17) is 4.74 Å². The number of nitrogens with one attached hydrogen (secondary N) is 1. The maximum atomic E-state index is 12.6. The average Bonchev–Trinajstić information content (AvgIpc) is 2.78. The van der Waals surface area contributed by atoms with Crippen molar-refractivity contribution in [3.63, 3.8) is 0 Å². The van der Waals surface area contributed by atoms with Crippen LogP contribution < -0.4 is 5.32 Å². The van der Waals surface area contributed by atoms with Gasteiger partial charge in [-0.05, 0) is 25.3 Å². The Kier molecular flexibility index (Phi) is 5.37. The summed E-state index contributed by atoms with van der Waals surface area (Å²) in [4.78, 5) is 14.5. The third-order valence-corrected chi connectivity index (χ3v) is 3.94. The molecule has 0 aliphatic carbocycles. The zero-order chi connectivity index (χ0) is 15.4. The molecule has 4 heteroatoms. The SMILES string of the molecule is CCOCCN1C(=O)C(C(C)C)NC1c1ccc(C)cc1. The molecule has 1 heterocycles. The highest BCUT2D eigenvalue weighted by Crippen LogP contribution is 2.28. The van der Waals surface area contributed by atoms with E-state index in [1.54, 1.807) is 0 Å². The van der Waals surface area contributed by atoms with E-state index in [2.05, 4.69) is 50.4 Å². The number of carbonyl (C=O) groups excluding carboxylic acids is 1. The van der Waals surface area contributed by atoms with E-state index < -0.39 is 0 Å². The summed E-state index contributed by atoms with van der Waals surface area (Å²) in [7, 11) is 0. The summed E-state index contributed by atoms with van der Waals surface area (Å²) in [6, 6.07) is 8.25. The van der Waals surface area contributed by atoms with E-state index in [1.807, 2.05) is 11.8 Å². The summed E-state index contributed by atoms with van der Waals surface area (Å²) < 4.78 is 5.42. The maximum absolute atomic E-state index is 12.6. The molecule has 21 heavy (non-hydrogen) atoms. The first kappa shape index (κ1) is 16.0. The van der Waals surface area contributed by atoms with Gasteiger partial charge < -0.3 is 9.64 Å². The molecule has 1 saturated heterocycles. The van der Waals surface area contributed by atoms with Crippen LogP contribution in [0, 0.1) is 12.8 Å². The number of benzene rings is 1. The molecule has 1 N–H and O–H groups in total. The second kappa shape index (κ2) is 7.05. The molecule has 0 aromatic heterocycles. The molecule has 1 amide bonds. The number of hydrogen-bond donors (Lipinski definition) is 1. The average molecular weight is 290 g/mol. The molecule has 1 aliphatic heterocycles. The van der Waals surface area contributed by atoms with Crippen LogP contribution in [0.1, 0.15) is 38.1 Å². The number of ether oxygens (including phenoxy) is 1. The molecule has 1 aliphatic rings. The normalized spacial score (nSPS) is 22.3. The smallest absolute Gasteiger partial charge is 0.241 e. The summed E-state index contributed by atoms with van der Waals surface area (Å²) in [6.07, 6.45) is -0.0500. The third-order valence-electron chi connectivity index (χ3n) is 3.94. The minimum absolute atomic E-state index is 0.0500. The monoisotopic (exact) mass is 290 g/mol. The summed E-state index contributed by atoms with van der Waals surface area (Å²) in [6.45, 7) is 10.1. The van der Waals surface area contributed by atoms with Crippen LogP contribution in [-0.2, 0) is 9.53 Å². The van der Waals surface area contributed by atoms with E-state index in [9.17, 15) is 4.79 Å². The Balaban J connectivity index is 2.18. The van der Waals surface area contributed by atoms with Gasteiger partial charge in [0.25, 0.3) is 0 Å². The molecule has 116 valence electrons. The molecule has 0 spiro atoms. The molecule has 4 nitrogen and oxygen atoms in total. The van der Waals surface area contributed by atoms with Crippen molar-refractivity contribution < 1.29 is 9.53 Å². The van der Waals surface area contributed by atoms with Gasteiger partial charge >= 0.3 is 0 Å². The van der Waals surface area contributed by atoms with Crippen molar-refractivity contribution in [2.75, 3.05) is 19.8 Å². The largest absolute Gasteiger partial charge is 0.380 e. The lowest BCUT2D eigenvalue weighted by molar-refractivity contribution is -0.131. The first-order chi connectivity index (χ1) is 10.0. The Hall–Kier alpha value is -1.39.